The summed E-state index contributed by atoms with van der Waals surface area (Å²) in [5.41, 5.74) is 4.75. The van der Waals surface area contributed by atoms with Crippen LogP contribution in [0.3, 0.4) is 0 Å². The van der Waals surface area contributed by atoms with Crippen LogP contribution in [0.2, 0.25) is 0 Å². The first kappa shape index (κ1) is 29.4. The number of esters is 1. The fourth-order valence-corrected chi connectivity index (χ4v) is 3.81. The van der Waals surface area contributed by atoms with Crippen LogP contribution < -0.4 is 16.4 Å². The summed E-state index contributed by atoms with van der Waals surface area (Å²) >= 11 is 0. The van der Waals surface area contributed by atoms with Crippen molar-refractivity contribution in [1.29, 1.82) is 0 Å². The first-order valence-corrected chi connectivity index (χ1v) is 12.0. The Morgan fingerprint density at radius 1 is 1.22 bits per heavy atom. The fraction of sp³-hybridized carbons (Fsp3) is 0.560. The summed E-state index contributed by atoms with van der Waals surface area (Å²) in [6.07, 6.45) is -0.615. The van der Waals surface area contributed by atoms with Crippen LogP contribution in [0.25, 0.3) is 0 Å². The van der Waals surface area contributed by atoms with Crippen molar-refractivity contribution < 1.29 is 38.6 Å². The van der Waals surface area contributed by atoms with Gasteiger partial charge in [0.05, 0.1) is 7.11 Å². The number of carbonyl (C=O) groups is 5. The second kappa shape index (κ2) is 12.4. The second-order valence-electron chi connectivity index (χ2n) is 10.0. The van der Waals surface area contributed by atoms with Crippen molar-refractivity contribution in [1.82, 2.24) is 15.5 Å². The summed E-state index contributed by atoms with van der Waals surface area (Å²) in [5.74, 6) is -2.77. The van der Waals surface area contributed by atoms with Crippen molar-refractivity contribution in [3.05, 3.63) is 29.8 Å². The molecule has 1 aromatic rings. The van der Waals surface area contributed by atoms with E-state index in [9.17, 15) is 29.1 Å². The number of primary amides is 1. The van der Waals surface area contributed by atoms with Crippen LogP contribution in [-0.2, 0) is 28.7 Å². The second-order valence-corrected chi connectivity index (χ2v) is 10.0. The van der Waals surface area contributed by atoms with Gasteiger partial charge in [-0.2, -0.15) is 0 Å². The summed E-state index contributed by atoms with van der Waals surface area (Å²) in [5, 5.41) is 15.1. The number of aromatic hydroxyl groups is 1. The minimum atomic E-state index is -1.25. The van der Waals surface area contributed by atoms with E-state index in [0.29, 0.717) is 12.0 Å². The molecule has 0 heterocycles. The number of alkyl carbamates (subject to hydrolysis) is 1. The number of amides is 4. The van der Waals surface area contributed by atoms with E-state index in [1.165, 1.54) is 30.2 Å². The van der Waals surface area contributed by atoms with Gasteiger partial charge in [0.25, 0.3) is 0 Å². The van der Waals surface area contributed by atoms with E-state index in [4.69, 9.17) is 10.5 Å². The number of nitrogens with two attached hydrogens (primary N) is 1. The molecule has 1 aliphatic carbocycles. The van der Waals surface area contributed by atoms with Crippen LogP contribution in [0, 0.1) is 5.92 Å². The van der Waals surface area contributed by atoms with Crippen molar-refractivity contribution in [2.45, 2.75) is 70.7 Å². The molecule has 4 amide bonds. The topological polar surface area (TPSA) is 177 Å². The third-order valence-electron chi connectivity index (χ3n) is 5.69. The Balaban J connectivity index is 2.48. The van der Waals surface area contributed by atoms with Gasteiger partial charge in [-0.05, 0) is 57.2 Å². The van der Waals surface area contributed by atoms with Crippen molar-refractivity contribution >= 4 is 29.8 Å². The molecule has 5 N–H and O–H groups in total. The number of nitrogens with one attached hydrogen (secondary N) is 2. The third-order valence-corrected chi connectivity index (χ3v) is 5.69. The number of nitrogens with zero attached hydrogens (tertiary/aromatic N) is 1. The number of hydrogen-bond donors (Lipinski definition) is 4. The van der Waals surface area contributed by atoms with Crippen LogP contribution >= 0.6 is 0 Å². The predicted molar refractivity (Wildman–Crippen MR) is 132 cm³/mol. The summed E-state index contributed by atoms with van der Waals surface area (Å²) in [6, 6.07) is 2.98. The van der Waals surface area contributed by atoms with E-state index in [2.05, 4.69) is 15.4 Å². The Kier molecular flexibility index (Phi) is 9.87. The predicted octanol–water partition coefficient (Wildman–Crippen LogP) is 1.12. The average molecular weight is 521 g/mol. The number of carbonyl (C=O) groups excluding carboxylic acids is 5. The molecule has 1 fully saturated rings. The smallest absolute Gasteiger partial charge is 0.408 e. The molecule has 0 aliphatic heterocycles. The molecule has 0 saturated heterocycles. The van der Waals surface area contributed by atoms with Gasteiger partial charge >= 0.3 is 12.1 Å². The zero-order chi connectivity index (χ0) is 27.9. The fourth-order valence-electron chi connectivity index (χ4n) is 3.81. The molecule has 2 rings (SSSR count). The van der Waals surface area contributed by atoms with E-state index in [1.54, 1.807) is 26.8 Å². The van der Waals surface area contributed by atoms with Gasteiger partial charge in [0.1, 0.15) is 30.0 Å². The van der Waals surface area contributed by atoms with Crippen LogP contribution in [-0.4, -0.2) is 71.1 Å². The zero-order valence-corrected chi connectivity index (χ0v) is 21.8. The first-order chi connectivity index (χ1) is 17.2. The van der Waals surface area contributed by atoms with E-state index in [1.807, 2.05) is 6.92 Å². The maximum absolute atomic E-state index is 14.0. The van der Waals surface area contributed by atoms with Crippen molar-refractivity contribution in [2.24, 2.45) is 11.7 Å². The van der Waals surface area contributed by atoms with Gasteiger partial charge in [-0.15, -0.1) is 0 Å². The van der Waals surface area contributed by atoms with E-state index >= 15 is 0 Å². The summed E-state index contributed by atoms with van der Waals surface area (Å²) in [6.45, 7) is 6.45. The van der Waals surface area contributed by atoms with Crippen molar-refractivity contribution in [3.63, 3.8) is 0 Å². The third kappa shape index (κ3) is 8.96. The maximum atomic E-state index is 14.0. The van der Waals surface area contributed by atoms with E-state index in [-0.39, 0.29) is 30.6 Å². The van der Waals surface area contributed by atoms with E-state index in [0.717, 1.165) is 0 Å². The molecule has 0 aromatic heterocycles. The largest absolute Gasteiger partial charge is 0.508 e. The SMILES string of the molecule is COC(=O)CNC(=O)C(c1cccc(O)c1)N(C(=O)C(CCC(N)=O)NC(=O)OC(C)(C)C)C1CC1C. The zero-order valence-electron chi connectivity index (χ0n) is 21.8. The maximum Gasteiger partial charge on any atom is 0.408 e. The molecule has 37 heavy (non-hydrogen) atoms. The standard InChI is InChI=1S/C25H36N4O8/c1-14-11-18(14)29(23(34)17(9-10-19(26)31)28-24(35)37-25(2,3)4)21(15-7-6-8-16(30)12-15)22(33)27-13-20(32)36-5/h6-8,12,14,17-18,21,30H,9-11,13H2,1-5H3,(H2,26,31)(H,27,33)(H,28,35). The molecule has 1 aromatic carbocycles. The number of ether oxygens (including phenoxy) is 2. The highest BCUT2D eigenvalue weighted by atomic mass is 16.6. The Morgan fingerprint density at radius 3 is 2.38 bits per heavy atom. The number of hydrogen-bond acceptors (Lipinski definition) is 8. The Hall–Kier alpha value is -3.83. The monoisotopic (exact) mass is 520 g/mol. The molecule has 0 bridgehead atoms. The number of phenolic OH excluding ortho intramolecular Hbond substituents is 1. The molecule has 1 saturated carbocycles. The van der Waals surface area contributed by atoms with Gasteiger partial charge < -0.3 is 35.8 Å². The minimum absolute atomic E-state index is 0.0375. The minimum Gasteiger partial charge on any atom is -0.508 e. The van der Waals surface area contributed by atoms with Gasteiger partial charge in [-0.25, -0.2) is 4.79 Å². The lowest BCUT2D eigenvalue weighted by atomic mass is 10.0. The lowest BCUT2D eigenvalue weighted by Gasteiger charge is -2.35. The Bertz CT molecular complexity index is 1020. The number of methoxy groups -OCH3 is 1. The van der Waals surface area contributed by atoms with Gasteiger partial charge in [0.2, 0.25) is 17.7 Å². The van der Waals surface area contributed by atoms with Crippen LogP contribution in [0.5, 0.6) is 5.75 Å². The molecule has 12 nitrogen and oxygen atoms in total. The van der Waals surface area contributed by atoms with Crippen molar-refractivity contribution in [3.8, 4) is 5.75 Å². The normalized spacial score (nSPS) is 18.1. The molecule has 0 spiro atoms. The van der Waals surface area contributed by atoms with Crippen LogP contribution in [0.1, 0.15) is 58.6 Å². The van der Waals surface area contributed by atoms with Gasteiger partial charge in [-0.3, -0.25) is 19.2 Å². The van der Waals surface area contributed by atoms with Crippen molar-refractivity contribution in [2.75, 3.05) is 13.7 Å². The molecule has 204 valence electrons. The molecule has 12 heteroatoms. The average Bonchev–Trinajstić information content (AvgIpc) is 3.52. The van der Waals surface area contributed by atoms with Gasteiger partial charge in [-0.1, -0.05) is 19.1 Å². The summed E-state index contributed by atoms with van der Waals surface area (Å²) in [4.78, 5) is 64.4. The molecule has 0 radical (unpaired) electrons. The molecular formula is C25H36N4O8. The lowest BCUT2D eigenvalue weighted by molar-refractivity contribution is -0.145. The molecule has 4 unspecified atom stereocenters. The molecular weight excluding hydrogens is 484 g/mol. The molecule has 4 atom stereocenters. The van der Waals surface area contributed by atoms with Gasteiger partial charge in [0.15, 0.2) is 0 Å². The van der Waals surface area contributed by atoms with Gasteiger partial charge in [0, 0.05) is 12.5 Å². The van der Waals surface area contributed by atoms with Crippen LogP contribution in [0.15, 0.2) is 24.3 Å². The Labute approximate surface area is 215 Å². The number of phenols is 1. The highest BCUT2D eigenvalue weighted by Crippen LogP contribution is 2.41. The Morgan fingerprint density at radius 2 is 1.86 bits per heavy atom. The van der Waals surface area contributed by atoms with E-state index < -0.39 is 54.0 Å². The molecule has 1 aliphatic rings. The lowest BCUT2D eigenvalue weighted by Crippen LogP contribution is -2.54. The number of benzene rings is 1. The summed E-state index contributed by atoms with van der Waals surface area (Å²) in [7, 11) is 1.18. The first-order valence-electron chi connectivity index (χ1n) is 12.0. The highest BCUT2D eigenvalue weighted by Gasteiger charge is 2.48. The quantitative estimate of drug-likeness (QED) is 0.314. The van der Waals surface area contributed by atoms with Crippen LogP contribution in [0.4, 0.5) is 4.79 Å². The summed E-state index contributed by atoms with van der Waals surface area (Å²) < 4.78 is 9.87. The number of rotatable bonds is 11. The highest BCUT2D eigenvalue weighted by molar-refractivity contribution is 5.94.